The summed E-state index contributed by atoms with van der Waals surface area (Å²) >= 11 is 0. The summed E-state index contributed by atoms with van der Waals surface area (Å²) in [6.07, 6.45) is 0. The van der Waals surface area contributed by atoms with Gasteiger partial charge >= 0.3 is 12.0 Å². The highest BCUT2D eigenvalue weighted by atomic mass is 32.2. The molecule has 20 heavy (non-hydrogen) atoms. The van der Waals surface area contributed by atoms with Crippen LogP contribution < -0.4 is 10.6 Å². The lowest BCUT2D eigenvalue weighted by atomic mass is 10.2. The minimum Gasteiger partial charge on any atom is -0.478 e. The van der Waals surface area contributed by atoms with Crippen molar-refractivity contribution in [2.75, 3.05) is 23.4 Å². The number of amides is 2. The van der Waals surface area contributed by atoms with E-state index in [0.717, 1.165) is 0 Å². The molecule has 0 aliphatic rings. The van der Waals surface area contributed by atoms with Gasteiger partial charge in [0.1, 0.15) is 0 Å². The molecule has 0 aliphatic heterocycles. The molecule has 0 saturated carbocycles. The van der Waals surface area contributed by atoms with Crippen LogP contribution in [-0.4, -0.2) is 43.6 Å². The highest BCUT2D eigenvalue weighted by molar-refractivity contribution is 7.91. The van der Waals surface area contributed by atoms with Crippen molar-refractivity contribution >= 4 is 27.5 Å². The lowest BCUT2D eigenvalue weighted by Gasteiger charge is -2.07. The van der Waals surface area contributed by atoms with Gasteiger partial charge in [0.15, 0.2) is 9.84 Å². The number of anilines is 1. The van der Waals surface area contributed by atoms with E-state index in [1.807, 2.05) is 0 Å². The van der Waals surface area contributed by atoms with E-state index in [-0.39, 0.29) is 23.6 Å². The Bertz CT molecular complexity index is 580. The van der Waals surface area contributed by atoms with E-state index in [0.29, 0.717) is 5.69 Å². The summed E-state index contributed by atoms with van der Waals surface area (Å²) in [4.78, 5) is 22.1. The van der Waals surface area contributed by atoms with Crippen LogP contribution in [0.1, 0.15) is 17.3 Å². The number of carbonyl (C=O) groups excluding carboxylic acids is 1. The van der Waals surface area contributed by atoms with Gasteiger partial charge in [-0.1, -0.05) is 6.92 Å². The van der Waals surface area contributed by atoms with Gasteiger partial charge in [-0.05, 0) is 24.3 Å². The first-order chi connectivity index (χ1) is 9.34. The van der Waals surface area contributed by atoms with E-state index in [9.17, 15) is 18.0 Å². The molecular weight excluding hydrogens is 284 g/mol. The number of rotatable bonds is 6. The largest absolute Gasteiger partial charge is 0.478 e. The number of urea groups is 1. The van der Waals surface area contributed by atoms with E-state index in [2.05, 4.69) is 10.6 Å². The molecule has 0 fully saturated rings. The lowest BCUT2D eigenvalue weighted by molar-refractivity contribution is 0.0697. The number of carboxylic acid groups (broad SMARTS) is 1. The van der Waals surface area contributed by atoms with Crippen LogP contribution in [0.5, 0.6) is 0 Å². The molecule has 0 radical (unpaired) electrons. The molecule has 0 bridgehead atoms. The predicted molar refractivity (Wildman–Crippen MR) is 74.8 cm³/mol. The first kappa shape index (κ1) is 16.0. The Morgan fingerprint density at radius 2 is 1.80 bits per heavy atom. The molecule has 0 aliphatic carbocycles. The minimum absolute atomic E-state index is 0.0230. The average Bonchev–Trinajstić information content (AvgIpc) is 2.39. The Kier molecular flexibility index (Phi) is 5.51. The van der Waals surface area contributed by atoms with E-state index < -0.39 is 21.8 Å². The zero-order valence-electron chi connectivity index (χ0n) is 10.9. The van der Waals surface area contributed by atoms with Crippen molar-refractivity contribution in [2.45, 2.75) is 6.92 Å². The summed E-state index contributed by atoms with van der Waals surface area (Å²) in [6, 6.07) is 5.08. The zero-order chi connectivity index (χ0) is 15.2. The van der Waals surface area contributed by atoms with E-state index in [1.54, 1.807) is 6.92 Å². The van der Waals surface area contributed by atoms with Crippen molar-refractivity contribution < 1.29 is 23.1 Å². The van der Waals surface area contributed by atoms with Crippen molar-refractivity contribution in [3.8, 4) is 0 Å². The topological polar surface area (TPSA) is 113 Å². The summed E-state index contributed by atoms with van der Waals surface area (Å²) in [6.45, 7) is 1.56. The average molecular weight is 300 g/mol. The van der Waals surface area contributed by atoms with Crippen LogP contribution in [0.15, 0.2) is 24.3 Å². The van der Waals surface area contributed by atoms with Crippen LogP contribution in [0.2, 0.25) is 0 Å². The van der Waals surface area contributed by atoms with Crippen molar-refractivity contribution in [1.29, 1.82) is 0 Å². The van der Waals surface area contributed by atoms with Crippen molar-refractivity contribution in [3.63, 3.8) is 0 Å². The highest BCUT2D eigenvalue weighted by Crippen LogP contribution is 2.09. The molecule has 0 unspecified atom stereocenters. The molecule has 0 aromatic heterocycles. The van der Waals surface area contributed by atoms with Crippen molar-refractivity contribution in [3.05, 3.63) is 29.8 Å². The number of sulfone groups is 1. The molecule has 0 heterocycles. The van der Waals surface area contributed by atoms with E-state index in [1.165, 1.54) is 24.3 Å². The normalized spacial score (nSPS) is 10.8. The molecular formula is C12H16N2O5S. The van der Waals surface area contributed by atoms with Gasteiger partial charge in [-0.15, -0.1) is 0 Å². The van der Waals surface area contributed by atoms with Crippen LogP contribution >= 0.6 is 0 Å². The van der Waals surface area contributed by atoms with Crippen LogP contribution in [0, 0.1) is 0 Å². The SMILES string of the molecule is CCS(=O)(=O)CCNC(=O)Nc1ccc(C(=O)O)cc1. The third kappa shape index (κ3) is 5.27. The van der Waals surface area contributed by atoms with Gasteiger partial charge in [0.2, 0.25) is 0 Å². The Morgan fingerprint density at radius 1 is 1.20 bits per heavy atom. The Morgan fingerprint density at radius 3 is 2.30 bits per heavy atom. The minimum atomic E-state index is -3.11. The second-order valence-electron chi connectivity index (χ2n) is 4.00. The molecule has 7 nitrogen and oxygen atoms in total. The molecule has 1 rings (SSSR count). The Labute approximate surface area is 116 Å². The van der Waals surface area contributed by atoms with E-state index in [4.69, 9.17) is 5.11 Å². The molecule has 2 amide bonds. The van der Waals surface area contributed by atoms with Crippen molar-refractivity contribution in [2.24, 2.45) is 0 Å². The fraction of sp³-hybridized carbons (Fsp3) is 0.333. The Balaban J connectivity index is 2.44. The number of carbonyl (C=O) groups is 2. The fourth-order valence-corrected chi connectivity index (χ4v) is 2.04. The second-order valence-corrected chi connectivity index (χ2v) is 6.47. The quantitative estimate of drug-likeness (QED) is 0.723. The monoisotopic (exact) mass is 300 g/mol. The molecule has 1 aromatic rings. The number of nitrogens with one attached hydrogen (secondary N) is 2. The van der Waals surface area contributed by atoms with Gasteiger partial charge in [-0.25, -0.2) is 18.0 Å². The van der Waals surface area contributed by atoms with Gasteiger partial charge in [0.25, 0.3) is 0 Å². The molecule has 110 valence electrons. The third-order valence-corrected chi connectivity index (χ3v) is 4.23. The van der Waals surface area contributed by atoms with Gasteiger partial charge in [0.05, 0.1) is 11.3 Å². The number of carboxylic acids is 1. The lowest BCUT2D eigenvalue weighted by Crippen LogP contribution is -2.33. The van der Waals surface area contributed by atoms with Crippen LogP contribution in [-0.2, 0) is 9.84 Å². The molecule has 0 atom stereocenters. The first-order valence-electron chi connectivity index (χ1n) is 5.92. The van der Waals surface area contributed by atoms with Gasteiger partial charge in [-0.2, -0.15) is 0 Å². The Hall–Kier alpha value is -2.09. The van der Waals surface area contributed by atoms with Crippen LogP contribution in [0.3, 0.4) is 0 Å². The maximum atomic E-state index is 11.5. The number of hydrogen-bond acceptors (Lipinski definition) is 4. The van der Waals surface area contributed by atoms with Crippen LogP contribution in [0.25, 0.3) is 0 Å². The molecule has 8 heteroatoms. The number of benzene rings is 1. The smallest absolute Gasteiger partial charge is 0.335 e. The molecule has 1 aromatic carbocycles. The number of aromatic carboxylic acids is 1. The van der Waals surface area contributed by atoms with E-state index >= 15 is 0 Å². The molecule has 0 spiro atoms. The third-order valence-electron chi connectivity index (χ3n) is 2.53. The number of hydrogen-bond donors (Lipinski definition) is 3. The summed E-state index contributed by atoms with van der Waals surface area (Å²) < 4.78 is 22.4. The summed E-state index contributed by atoms with van der Waals surface area (Å²) in [5, 5.41) is 13.6. The predicted octanol–water partition coefficient (Wildman–Crippen LogP) is 0.941. The van der Waals surface area contributed by atoms with Gasteiger partial charge < -0.3 is 15.7 Å². The maximum Gasteiger partial charge on any atom is 0.335 e. The summed E-state index contributed by atoms with van der Waals surface area (Å²) in [5.74, 6) is -1.13. The van der Waals surface area contributed by atoms with Crippen LogP contribution in [0.4, 0.5) is 10.5 Å². The summed E-state index contributed by atoms with van der Waals surface area (Å²) in [5.41, 5.74) is 0.538. The fourth-order valence-electron chi connectivity index (χ4n) is 1.34. The first-order valence-corrected chi connectivity index (χ1v) is 7.75. The zero-order valence-corrected chi connectivity index (χ0v) is 11.7. The molecule has 3 N–H and O–H groups in total. The second kappa shape index (κ2) is 6.90. The van der Waals surface area contributed by atoms with Crippen molar-refractivity contribution in [1.82, 2.24) is 5.32 Å². The highest BCUT2D eigenvalue weighted by Gasteiger charge is 2.08. The van der Waals surface area contributed by atoms with Gasteiger partial charge in [0, 0.05) is 18.0 Å². The summed E-state index contributed by atoms with van der Waals surface area (Å²) in [7, 11) is -3.11. The maximum absolute atomic E-state index is 11.5. The molecule has 0 saturated heterocycles. The van der Waals surface area contributed by atoms with Gasteiger partial charge in [-0.3, -0.25) is 0 Å². The standard InChI is InChI=1S/C12H16N2O5S/c1-2-20(18,19)8-7-13-12(17)14-10-5-3-9(4-6-10)11(15)16/h3-6H,2,7-8H2,1H3,(H,15,16)(H2,13,14,17).